The lowest BCUT2D eigenvalue weighted by Crippen LogP contribution is -2.37. The summed E-state index contributed by atoms with van der Waals surface area (Å²) in [5, 5.41) is 3.21. The Kier molecular flexibility index (Phi) is 2.83. The third-order valence-corrected chi connectivity index (χ3v) is 1.94. The van der Waals surface area contributed by atoms with E-state index in [1.54, 1.807) is 0 Å². The second-order valence-corrected chi connectivity index (χ2v) is 2.74. The lowest BCUT2D eigenvalue weighted by atomic mass is 10.3. The van der Waals surface area contributed by atoms with Gasteiger partial charge in [0.25, 0.3) is 0 Å². The topological polar surface area (TPSA) is 32.3 Å². The second-order valence-electron chi connectivity index (χ2n) is 2.74. The van der Waals surface area contributed by atoms with Crippen molar-refractivity contribution in [3.8, 4) is 0 Å². The van der Waals surface area contributed by atoms with Gasteiger partial charge in [0, 0.05) is 6.54 Å². The number of nitrogens with zero attached hydrogens (tertiary/aromatic N) is 1. The number of rotatable bonds is 1. The molecule has 1 atom stereocenters. The van der Waals surface area contributed by atoms with E-state index < -0.39 is 0 Å². The van der Waals surface area contributed by atoms with Crippen LogP contribution in [-0.4, -0.2) is 43.9 Å². The van der Waals surface area contributed by atoms with E-state index in [9.17, 15) is 4.79 Å². The Morgan fingerprint density at radius 1 is 1.70 bits per heavy atom. The zero-order chi connectivity index (χ0) is 7.40. The van der Waals surface area contributed by atoms with Gasteiger partial charge in [-0.05, 0) is 26.6 Å². The zero-order valence-corrected chi connectivity index (χ0v) is 6.34. The molecule has 0 radical (unpaired) electrons. The van der Waals surface area contributed by atoms with Gasteiger partial charge in [-0.3, -0.25) is 4.90 Å². The number of nitrogens with one attached hydrogen (secondary N) is 1. The minimum absolute atomic E-state index is 0.0856. The number of hydrogen-bond acceptors (Lipinski definition) is 3. The first-order valence-corrected chi connectivity index (χ1v) is 3.71. The molecule has 0 saturated carbocycles. The fourth-order valence-electron chi connectivity index (χ4n) is 1.18. The molecule has 58 valence electrons. The van der Waals surface area contributed by atoms with E-state index in [-0.39, 0.29) is 6.04 Å². The van der Waals surface area contributed by atoms with Crippen molar-refractivity contribution in [3.63, 3.8) is 0 Å². The van der Waals surface area contributed by atoms with Crippen molar-refractivity contribution in [1.82, 2.24) is 10.2 Å². The summed E-state index contributed by atoms with van der Waals surface area (Å²) in [6.07, 6.45) is 2.15. The van der Waals surface area contributed by atoms with Crippen molar-refractivity contribution >= 4 is 6.29 Å². The van der Waals surface area contributed by atoms with Gasteiger partial charge in [-0.1, -0.05) is 0 Å². The summed E-state index contributed by atoms with van der Waals surface area (Å²) in [7, 11) is 1.99. The maximum absolute atomic E-state index is 10.4. The van der Waals surface area contributed by atoms with Crippen LogP contribution in [0.5, 0.6) is 0 Å². The van der Waals surface area contributed by atoms with Crippen LogP contribution in [0.3, 0.4) is 0 Å². The van der Waals surface area contributed by atoms with E-state index in [4.69, 9.17) is 0 Å². The van der Waals surface area contributed by atoms with Gasteiger partial charge in [0.05, 0.1) is 6.04 Å². The van der Waals surface area contributed by atoms with Crippen LogP contribution in [0.4, 0.5) is 0 Å². The van der Waals surface area contributed by atoms with Gasteiger partial charge < -0.3 is 10.1 Å². The number of likely N-dealkylation sites (N-methyl/N-ethyl adjacent to an activating group) is 1. The molecule has 3 heteroatoms. The standard InChI is InChI=1S/C7H14N2O/c1-9-4-2-3-8-5-7(9)6-10/h6-8H,2-5H2,1H3. The van der Waals surface area contributed by atoms with Gasteiger partial charge >= 0.3 is 0 Å². The molecule has 1 unspecified atom stereocenters. The zero-order valence-electron chi connectivity index (χ0n) is 6.34. The summed E-state index contributed by atoms with van der Waals surface area (Å²) in [4.78, 5) is 12.5. The second kappa shape index (κ2) is 3.68. The van der Waals surface area contributed by atoms with E-state index in [0.717, 1.165) is 32.3 Å². The molecule has 0 aromatic carbocycles. The van der Waals surface area contributed by atoms with Crippen molar-refractivity contribution in [2.24, 2.45) is 0 Å². The average molecular weight is 142 g/mol. The predicted molar refractivity (Wildman–Crippen MR) is 40.0 cm³/mol. The van der Waals surface area contributed by atoms with Crippen LogP contribution in [0.2, 0.25) is 0 Å². The molecule has 1 saturated heterocycles. The van der Waals surface area contributed by atoms with Crippen LogP contribution >= 0.6 is 0 Å². The van der Waals surface area contributed by atoms with E-state index in [1.807, 2.05) is 7.05 Å². The largest absolute Gasteiger partial charge is 0.315 e. The third kappa shape index (κ3) is 1.78. The van der Waals surface area contributed by atoms with E-state index in [2.05, 4.69) is 10.2 Å². The number of hydrogen-bond donors (Lipinski definition) is 1. The molecule has 1 aliphatic rings. The summed E-state index contributed by atoms with van der Waals surface area (Å²) in [6.45, 7) is 2.87. The van der Waals surface area contributed by atoms with Crippen LogP contribution in [-0.2, 0) is 4.79 Å². The normalized spacial score (nSPS) is 29.5. The quantitative estimate of drug-likeness (QED) is 0.500. The van der Waals surface area contributed by atoms with Crippen molar-refractivity contribution in [3.05, 3.63) is 0 Å². The summed E-state index contributed by atoms with van der Waals surface area (Å²) in [5.41, 5.74) is 0. The minimum Gasteiger partial charge on any atom is -0.315 e. The van der Waals surface area contributed by atoms with E-state index >= 15 is 0 Å². The monoisotopic (exact) mass is 142 g/mol. The highest BCUT2D eigenvalue weighted by molar-refractivity contribution is 5.57. The Bertz CT molecular complexity index is 116. The Morgan fingerprint density at radius 3 is 3.20 bits per heavy atom. The third-order valence-electron chi connectivity index (χ3n) is 1.94. The molecule has 1 fully saturated rings. The molecule has 0 amide bonds. The van der Waals surface area contributed by atoms with Gasteiger partial charge in [-0.15, -0.1) is 0 Å². The lowest BCUT2D eigenvalue weighted by Gasteiger charge is -2.18. The minimum atomic E-state index is 0.0856. The molecule has 0 aromatic heterocycles. The molecule has 3 nitrogen and oxygen atoms in total. The van der Waals surface area contributed by atoms with E-state index in [0.29, 0.717) is 0 Å². The first-order valence-electron chi connectivity index (χ1n) is 3.71. The van der Waals surface area contributed by atoms with Crippen LogP contribution < -0.4 is 5.32 Å². The Balaban J connectivity index is 2.43. The van der Waals surface area contributed by atoms with Crippen LogP contribution in [0.25, 0.3) is 0 Å². The summed E-state index contributed by atoms with van der Waals surface area (Å²) in [5.74, 6) is 0. The van der Waals surface area contributed by atoms with Gasteiger partial charge in [-0.25, -0.2) is 0 Å². The van der Waals surface area contributed by atoms with Gasteiger partial charge in [0.15, 0.2) is 0 Å². The Labute approximate surface area is 61.4 Å². The smallest absolute Gasteiger partial charge is 0.138 e. The molecule has 1 rings (SSSR count). The number of carbonyl (C=O) groups excluding carboxylic acids is 1. The van der Waals surface area contributed by atoms with Gasteiger partial charge in [-0.2, -0.15) is 0 Å². The van der Waals surface area contributed by atoms with Gasteiger partial charge in [0.1, 0.15) is 6.29 Å². The molecule has 1 N–H and O–H groups in total. The average Bonchev–Trinajstić information content (AvgIpc) is 2.13. The molecule has 0 aromatic rings. The Hall–Kier alpha value is -0.410. The number of aldehydes is 1. The number of carbonyl (C=O) groups is 1. The molecular formula is C7H14N2O. The fourth-order valence-corrected chi connectivity index (χ4v) is 1.18. The summed E-state index contributed by atoms with van der Waals surface area (Å²) < 4.78 is 0. The summed E-state index contributed by atoms with van der Waals surface area (Å²) >= 11 is 0. The maximum atomic E-state index is 10.4. The lowest BCUT2D eigenvalue weighted by molar-refractivity contribution is -0.111. The summed E-state index contributed by atoms with van der Waals surface area (Å²) in [6, 6.07) is 0.0856. The van der Waals surface area contributed by atoms with Crippen molar-refractivity contribution in [2.45, 2.75) is 12.5 Å². The van der Waals surface area contributed by atoms with Gasteiger partial charge in [0.2, 0.25) is 0 Å². The predicted octanol–water partition coefficient (Wildman–Crippen LogP) is -0.521. The van der Waals surface area contributed by atoms with Crippen molar-refractivity contribution in [2.75, 3.05) is 26.7 Å². The molecule has 0 aliphatic carbocycles. The molecule has 1 aliphatic heterocycles. The fraction of sp³-hybridized carbons (Fsp3) is 0.857. The molecule has 10 heavy (non-hydrogen) atoms. The van der Waals surface area contributed by atoms with Crippen LogP contribution in [0.15, 0.2) is 0 Å². The first-order chi connectivity index (χ1) is 4.84. The highest BCUT2D eigenvalue weighted by Gasteiger charge is 2.14. The SMILES string of the molecule is CN1CCCNCC1C=O. The first kappa shape index (κ1) is 7.69. The molecule has 0 spiro atoms. The maximum Gasteiger partial charge on any atom is 0.138 e. The molecule has 1 heterocycles. The molecule has 0 bridgehead atoms. The van der Waals surface area contributed by atoms with Crippen molar-refractivity contribution in [1.29, 1.82) is 0 Å². The van der Waals surface area contributed by atoms with E-state index in [1.165, 1.54) is 0 Å². The highest BCUT2D eigenvalue weighted by Crippen LogP contribution is 1.97. The van der Waals surface area contributed by atoms with Crippen molar-refractivity contribution < 1.29 is 4.79 Å². The molecular weight excluding hydrogens is 128 g/mol. The Morgan fingerprint density at radius 2 is 2.50 bits per heavy atom. The highest BCUT2D eigenvalue weighted by atomic mass is 16.1. The van der Waals surface area contributed by atoms with Crippen LogP contribution in [0.1, 0.15) is 6.42 Å². The van der Waals surface area contributed by atoms with Crippen LogP contribution in [0, 0.1) is 0 Å².